The largest absolute Gasteiger partial charge is 0.496 e. The lowest BCUT2D eigenvalue weighted by atomic mass is 10.1. The molecule has 140 valence electrons. The fourth-order valence-electron chi connectivity index (χ4n) is 3.13. The van der Waals surface area contributed by atoms with Gasteiger partial charge in [-0.15, -0.1) is 10.2 Å². The molecular weight excluding hydrogens is 350 g/mol. The summed E-state index contributed by atoms with van der Waals surface area (Å²) in [4.78, 5) is 12.5. The first-order chi connectivity index (χ1) is 12.7. The van der Waals surface area contributed by atoms with Gasteiger partial charge < -0.3 is 14.5 Å². The van der Waals surface area contributed by atoms with Crippen LogP contribution in [0.2, 0.25) is 0 Å². The molecule has 1 saturated carbocycles. The number of benzene rings is 1. The molecule has 7 heteroatoms. The van der Waals surface area contributed by atoms with E-state index in [4.69, 9.17) is 9.15 Å². The smallest absolute Gasteiger partial charge is 0.277 e. The van der Waals surface area contributed by atoms with Crippen LogP contribution >= 0.6 is 11.8 Å². The van der Waals surface area contributed by atoms with Crippen LogP contribution in [0.3, 0.4) is 0 Å². The normalized spacial score (nSPS) is 16.7. The first kappa shape index (κ1) is 18.8. The molecule has 1 aromatic heterocycles. The van der Waals surface area contributed by atoms with Gasteiger partial charge in [0.25, 0.3) is 11.1 Å². The molecule has 1 unspecified atom stereocenters. The number of para-hydroxylation sites is 1. The van der Waals surface area contributed by atoms with Crippen molar-refractivity contribution in [3.05, 3.63) is 24.3 Å². The van der Waals surface area contributed by atoms with E-state index < -0.39 is 0 Å². The second-order valence-electron chi connectivity index (χ2n) is 6.53. The van der Waals surface area contributed by atoms with Crippen LogP contribution < -0.4 is 10.1 Å². The Balaban J connectivity index is 1.60. The van der Waals surface area contributed by atoms with E-state index in [-0.39, 0.29) is 11.2 Å². The van der Waals surface area contributed by atoms with Crippen LogP contribution in [0.1, 0.15) is 45.4 Å². The average molecular weight is 375 g/mol. The Kier molecular flexibility index (Phi) is 6.55. The van der Waals surface area contributed by atoms with Gasteiger partial charge in [0.1, 0.15) is 5.75 Å². The Labute approximate surface area is 158 Å². The number of carbonyl (C=O) groups excluding carboxylic acids is 1. The lowest BCUT2D eigenvalue weighted by Crippen LogP contribution is -2.39. The quantitative estimate of drug-likeness (QED) is 0.606. The summed E-state index contributed by atoms with van der Waals surface area (Å²) in [5, 5.41) is 11.4. The molecule has 2 aromatic rings. The Bertz CT molecular complexity index is 726. The summed E-state index contributed by atoms with van der Waals surface area (Å²) >= 11 is 1.28. The minimum atomic E-state index is -0.288. The van der Waals surface area contributed by atoms with Crippen LogP contribution in [0.4, 0.5) is 0 Å². The van der Waals surface area contributed by atoms with Crippen LogP contribution in [-0.2, 0) is 4.79 Å². The zero-order chi connectivity index (χ0) is 18.4. The average Bonchev–Trinajstić information content (AvgIpc) is 2.96. The number of hydrogen-bond donors (Lipinski definition) is 1. The van der Waals surface area contributed by atoms with Crippen LogP contribution in [0, 0.1) is 0 Å². The maximum absolute atomic E-state index is 12.5. The predicted molar refractivity (Wildman–Crippen MR) is 101 cm³/mol. The van der Waals surface area contributed by atoms with E-state index in [1.165, 1.54) is 37.4 Å². The minimum absolute atomic E-state index is 0.0268. The third kappa shape index (κ3) is 4.78. The zero-order valence-electron chi connectivity index (χ0n) is 15.2. The van der Waals surface area contributed by atoms with E-state index >= 15 is 0 Å². The van der Waals surface area contributed by atoms with Gasteiger partial charge in [0.2, 0.25) is 5.91 Å². The summed E-state index contributed by atoms with van der Waals surface area (Å²) in [5.74, 6) is 1.09. The minimum Gasteiger partial charge on any atom is -0.496 e. The first-order valence-corrected chi connectivity index (χ1v) is 9.99. The standard InChI is InChI=1S/C19H25N3O3S/c1-13(17(23)20-14-9-5-3-4-6-10-14)26-19-22-21-18(25-19)15-11-7-8-12-16(15)24-2/h7-8,11-14H,3-6,9-10H2,1-2H3,(H,20,23). The van der Waals surface area contributed by atoms with E-state index in [2.05, 4.69) is 15.5 Å². The van der Waals surface area contributed by atoms with Gasteiger partial charge >= 0.3 is 0 Å². The molecule has 0 saturated heterocycles. The molecule has 0 spiro atoms. The molecule has 0 radical (unpaired) electrons. The van der Waals surface area contributed by atoms with Gasteiger partial charge in [0.15, 0.2) is 0 Å². The van der Waals surface area contributed by atoms with Crippen molar-refractivity contribution in [2.24, 2.45) is 0 Å². The molecule has 1 amide bonds. The fourth-order valence-corrected chi connectivity index (χ4v) is 3.83. The first-order valence-electron chi connectivity index (χ1n) is 9.11. The third-order valence-corrected chi connectivity index (χ3v) is 5.53. The highest BCUT2D eigenvalue weighted by Crippen LogP contribution is 2.31. The molecule has 1 atom stereocenters. The Morgan fingerprint density at radius 2 is 1.96 bits per heavy atom. The van der Waals surface area contributed by atoms with Crippen molar-refractivity contribution in [1.29, 1.82) is 0 Å². The zero-order valence-corrected chi connectivity index (χ0v) is 16.1. The number of aromatic nitrogens is 2. The summed E-state index contributed by atoms with van der Waals surface area (Å²) in [5.41, 5.74) is 0.741. The van der Waals surface area contributed by atoms with Crippen molar-refractivity contribution in [3.63, 3.8) is 0 Å². The van der Waals surface area contributed by atoms with Gasteiger partial charge in [-0.1, -0.05) is 49.6 Å². The number of nitrogens with one attached hydrogen (secondary N) is 1. The number of methoxy groups -OCH3 is 1. The third-order valence-electron chi connectivity index (χ3n) is 4.59. The van der Waals surface area contributed by atoms with Crippen molar-refractivity contribution < 1.29 is 13.9 Å². The van der Waals surface area contributed by atoms with E-state index in [0.717, 1.165) is 18.4 Å². The van der Waals surface area contributed by atoms with Crippen LogP contribution in [0.15, 0.2) is 33.9 Å². The summed E-state index contributed by atoms with van der Waals surface area (Å²) in [6.07, 6.45) is 7.06. The van der Waals surface area contributed by atoms with E-state index in [0.29, 0.717) is 22.9 Å². The van der Waals surface area contributed by atoms with E-state index in [1.807, 2.05) is 31.2 Å². The monoisotopic (exact) mass is 375 g/mol. The second-order valence-corrected chi connectivity index (χ2v) is 7.82. The lowest BCUT2D eigenvalue weighted by Gasteiger charge is -2.18. The molecule has 26 heavy (non-hydrogen) atoms. The lowest BCUT2D eigenvalue weighted by molar-refractivity contribution is -0.121. The van der Waals surface area contributed by atoms with E-state index in [1.54, 1.807) is 7.11 Å². The molecule has 1 aromatic carbocycles. The fraction of sp³-hybridized carbons (Fsp3) is 0.526. The van der Waals surface area contributed by atoms with Crippen molar-refractivity contribution in [3.8, 4) is 17.2 Å². The number of thioether (sulfide) groups is 1. The van der Waals surface area contributed by atoms with Crippen LogP contribution in [0.5, 0.6) is 5.75 Å². The van der Waals surface area contributed by atoms with Gasteiger partial charge in [-0.05, 0) is 31.9 Å². The molecule has 1 aliphatic carbocycles. The van der Waals surface area contributed by atoms with Crippen LogP contribution in [0.25, 0.3) is 11.5 Å². The summed E-state index contributed by atoms with van der Waals surface area (Å²) in [6, 6.07) is 7.77. The number of amides is 1. The van der Waals surface area contributed by atoms with Gasteiger partial charge in [0.05, 0.1) is 17.9 Å². The topological polar surface area (TPSA) is 77.2 Å². The van der Waals surface area contributed by atoms with Crippen LogP contribution in [-0.4, -0.2) is 34.5 Å². The molecule has 6 nitrogen and oxygen atoms in total. The van der Waals surface area contributed by atoms with Gasteiger partial charge in [-0.25, -0.2) is 0 Å². The molecule has 0 bridgehead atoms. The van der Waals surface area contributed by atoms with Crippen molar-refractivity contribution in [2.75, 3.05) is 7.11 Å². The number of carbonyl (C=O) groups is 1. The SMILES string of the molecule is COc1ccccc1-c1nnc(SC(C)C(=O)NC2CCCCCC2)o1. The second kappa shape index (κ2) is 9.07. The number of nitrogens with zero attached hydrogens (tertiary/aromatic N) is 2. The molecule has 1 N–H and O–H groups in total. The van der Waals surface area contributed by atoms with Crippen molar-refractivity contribution in [2.45, 2.75) is 62.0 Å². The van der Waals surface area contributed by atoms with Crippen molar-refractivity contribution in [1.82, 2.24) is 15.5 Å². The van der Waals surface area contributed by atoms with E-state index in [9.17, 15) is 4.79 Å². The molecule has 0 aliphatic heterocycles. The van der Waals surface area contributed by atoms with Gasteiger partial charge in [-0.3, -0.25) is 4.79 Å². The highest BCUT2D eigenvalue weighted by molar-refractivity contribution is 8.00. The highest BCUT2D eigenvalue weighted by atomic mass is 32.2. The molecule has 1 aliphatic rings. The Hall–Kier alpha value is -2.02. The number of rotatable bonds is 6. The summed E-state index contributed by atoms with van der Waals surface area (Å²) < 4.78 is 11.0. The van der Waals surface area contributed by atoms with Crippen molar-refractivity contribution >= 4 is 17.7 Å². The predicted octanol–water partition coefficient (Wildman–Crippen LogP) is 4.06. The summed E-state index contributed by atoms with van der Waals surface area (Å²) in [7, 11) is 1.60. The maximum Gasteiger partial charge on any atom is 0.277 e. The molecule has 1 fully saturated rings. The molecule has 1 heterocycles. The Morgan fingerprint density at radius 1 is 1.23 bits per heavy atom. The number of hydrogen-bond acceptors (Lipinski definition) is 6. The summed E-state index contributed by atoms with van der Waals surface area (Å²) in [6.45, 7) is 1.86. The maximum atomic E-state index is 12.5. The highest BCUT2D eigenvalue weighted by Gasteiger charge is 2.22. The van der Waals surface area contributed by atoms with Gasteiger partial charge in [-0.2, -0.15) is 0 Å². The molecular formula is C19H25N3O3S. The molecule has 3 rings (SSSR count). The number of ether oxygens (including phenoxy) is 1. The van der Waals surface area contributed by atoms with Gasteiger partial charge in [0, 0.05) is 6.04 Å². The Morgan fingerprint density at radius 3 is 2.69 bits per heavy atom.